The summed E-state index contributed by atoms with van der Waals surface area (Å²) in [6.45, 7) is 5.08. The summed E-state index contributed by atoms with van der Waals surface area (Å²) in [5.74, 6) is 0.957. The van der Waals surface area contributed by atoms with Gasteiger partial charge in [0.2, 0.25) is 0 Å². The predicted molar refractivity (Wildman–Crippen MR) is 72.3 cm³/mol. The Morgan fingerprint density at radius 3 is 2.59 bits per heavy atom. The van der Waals surface area contributed by atoms with E-state index >= 15 is 0 Å². The highest BCUT2D eigenvalue weighted by Crippen LogP contribution is 2.09. The van der Waals surface area contributed by atoms with Crippen molar-refractivity contribution in [2.45, 2.75) is 20.3 Å². The van der Waals surface area contributed by atoms with Crippen LogP contribution in [0.2, 0.25) is 0 Å². The highest BCUT2D eigenvalue weighted by atomic mass is 15.0. The van der Waals surface area contributed by atoms with Gasteiger partial charge in [0.05, 0.1) is 0 Å². The second-order valence-corrected chi connectivity index (χ2v) is 4.27. The van der Waals surface area contributed by atoms with Crippen molar-refractivity contribution < 1.29 is 0 Å². The van der Waals surface area contributed by atoms with E-state index in [0.29, 0.717) is 0 Å². The molecule has 2 rings (SSSR count). The number of hydrogen-bond acceptors (Lipinski definition) is 2. The number of anilines is 1. The fourth-order valence-electron chi connectivity index (χ4n) is 1.86. The maximum Gasteiger partial charge on any atom is 0.126 e. The second-order valence-electron chi connectivity index (χ2n) is 4.27. The molecule has 0 unspecified atom stereocenters. The van der Waals surface area contributed by atoms with Crippen LogP contribution in [0.3, 0.4) is 0 Å². The summed E-state index contributed by atoms with van der Waals surface area (Å²) in [6, 6.07) is 14.5. The van der Waals surface area contributed by atoms with Gasteiger partial charge in [-0.15, -0.1) is 0 Å². The summed E-state index contributed by atoms with van der Waals surface area (Å²) >= 11 is 0. The molecule has 0 amide bonds. The van der Waals surface area contributed by atoms with Crippen molar-refractivity contribution in [1.82, 2.24) is 4.98 Å². The van der Waals surface area contributed by atoms with Gasteiger partial charge in [0, 0.05) is 12.2 Å². The summed E-state index contributed by atoms with van der Waals surface area (Å²) in [5.41, 5.74) is 3.80. The molecule has 17 heavy (non-hydrogen) atoms. The second kappa shape index (κ2) is 5.48. The number of nitrogens with one attached hydrogen (secondary N) is 1. The molecule has 0 aliphatic rings. The molecular formula is C15H18N2. The molecule has 0 aliphatic heterocycles. The summed E-state index contributed by atoms with van der Waals surface area (Å²) < 4.78 is 0. The normalized spacial score (nSPS) is 10.2. The van der Waals surface area contributed by atoms with Gasteiger partial charge >= 0.3 is 0 Å². The maximum absolute atomic E-state index is 4.42. The minimum absolute atomic E-state index is 0.918. The van der Waals surface area contributed by atoms with Crippen LogP contribution in [0.1, 0.15) is 16.8 Å². The lowest BCUT2D eigenvalue weighted by Gasteiger charge is -2.08. The summed E-state index contributed by atoms with van der Waals surface area (Å²) in [5, 5.41) is 3.35. The Balaban J connectivity index is 1.90. The van der Waals surface area contributed by atoms with E-state index in [9.17, 15) is 0 Å². The largest absolute Gasteiger partial charge is 0.370 e. The van der Waals surface area contributed by atoms with E-state index in [1.165, 1.54) is 11.1 Å². The predicted octanol–water partition coefficient (Wildman–Crippen LogP) is 3.35. The third-order valence-corrected chi connectivity index (χ3v) is 2.85. The molecule has 88 valence electrons. The van der Waals surface area contributed by atoms with E-state index in [0.717, 1.165) is 24.5 Å². The lowest BCUT2D eigenvalue weighted by molar-refractivity contribution is 0.989. The van der Waals surface area contributed by atoms with E-state index in [1.54, 1.807) is 0 Å². The minimum atomic E-state index is 0.918. The zero-order chi connectivity index (χ0) is 12.1. The first-order valence-electron chi connectivity index (χ1n) is 5.98. The van der Waals surface area contributed by atoms with Crippen LogP contribution in [0.4, 0.5) is 5.82 Å². The van der Waals surface area contributed by atoms with Crippen LogP contribution < -0.4 is 5.32 Å². The molecule has 1 aromatic carbocycles. The number of pyridine rings is 1. The Bertz CT molecular complexity index is 492. The molecule has 0 spiro atoms. The van der Waals surface area contributed by atoms with Crippen LogP contribution >= 0.6 is 0 Å². The maximum atomic E-state index is 4.42. The highest BCUT2D eigenvalue weighted by Gasteiger charge is 1.97. The summed E-state index contributed by atoms with van der Waals surface area (Å²) in [4.78, 5) is 4.42. The molecule has 2 nitrogen and oxygen atoms in total. The van der Waals surface area contributed by atoms with Gasteiger partial charge in [0.15, 0.2) is 0 Å². The smallest absolute Gasteiger partial charge is 0.126 e. The molecule has 0 fully saturated rings. The average molecular weight is 226 g/mol. The quantitative estimate of drug-likeness (QED) is 0.864. The Morgan fingerprint density at radius 1 is 1.00 bits per heavy atom. The number of aromatic nitrogens is 1. The van der Waals surface area contributed by atoms with Crippen molar-refractivity contribution in [3.63, 3.8) is 0 Å². The zero-order valence-electron chi connectivity index (χ0n) is 10.4. The molecule has 0 saturated heterocycles. The number of benzene rings is 1. The van der Waals surface area contributed by atoms with Crippen LogP contribution in [0.15, 0.2) is 42.5 Å². The van der Waals surface area contributed by atoms with Gasteiger partial charge in [0.1, 0.15) is 5.82 Å². The molecule has 1 heterocycles. The minimum Gasteiger partial charge on any atom is -0.370 e. The van der Waals surface area contributed by atoms with Crippen LogP contribution in [0.25, 0.3) is 0 Å². The van der Waals surface area contributed by atoms with Gasteiger partial charge in [-0.1, -0.05) is 30.3 Å². The molecular weight excluding hydrogens is 208 g/mol. The van der Waals surface area contributed by atoms with Crippen LogP contribution in [0, 0.1) is 13.8 Å². The van der Waals surface area contributed by atoms with E-state index in [1.807, 2.05) is 25.1 Å². The average Bonchev–Trinajstić information content (AvgIpc) is 2.32. The molecule has 0 saturated carbocycles. The fourth-order valence-corrected chi connectivity index (χ4v) is 1.86. The van der Waals surface area contributed by atoms with Gasteiger partial charge < -0.3 is 5.32 Å². The number of nitrogens with zero attached hydrogens (tertiary/aromatic N) is 1. The Labute approximate surface area is 103 Å². The van der Waals surface area contributed by atoms with Gasteiger partial charge in [-0.05, 0) is 43.5 Å². The molecule has 2 aromatic rings. The van der Waals surface area contributed by atoms with Crippen molar-refractivity contribution in [3.05, 3.63) is 59.3 Å². The number of aryl methyl sites for hydroxylation is 2. The number of rotatable bonds is 4. The standard InChI is InChI=1S/C15H18N2/c1-12-6-3-4-8-14(12)10-11-16-15-9-5-7-13(2)17-15/h3-9H,10-11H2,1-2H3,(H,16,17). The zero-order valence-corrected chi connectivity index (χ0v) is 10.4. The third kappa shape index (κ3) is 3.31. The first-order valence-corrected chi connectivity index (χ1v) is 5.98. The Hall–Kier alpha value is -1.83. The Kier molecular flexibility index (Phi) is 3.76. The van der Waals surface area contributed by atoms with E-state index in [-0.39, 0.29) is 0 Å². The van der Waals surface area contributed by atoms with Crippen molar-refractivity contribution >= 4 is 5.82 Å². The SMILES string of the molecule is Cc1cccc(NCCc2ccccc2C)n1. The van der Waals surface area contributed by atoms with Crippen LogP contribution in [0.5, 0.6) is 0 Å². The van der Waals surface area contributed by atoms with Gasteiger partial charge in [0.25, 0.3) is 0 Å². The van der Waals surface area contributed by atoms with Crippen LogP contribution in [-0.4, -0.2) is 11.5 Å². The van der Waals surface area contributed by atoms with Crippen molar-refractivity contribution in [2.24, 2.45) is 0 Å². The monoisotopic (exact) mass is 226 g/mol. The van der Waals surface area contributed by atoms with Crippen LogP contribution in [-0.2, 0) is 6.42 Å². The molecule has 0 radical (unpaired) electrons. The van der Waals surface area contributed by atoms with E-state index in [2.05, 4.69) is 41.5 Å². The molecule has 0 aliphatic carbocycles. The molecule has 1 aromatic heterocycles. The topological polar surface area (TPSA) is 24.9 Å². The fraction of sp³-hybridized carbons (Fsp3) is 0.267. The summed E-state index contributed by atoms with van der Waals surface area (Å²) in [7, 11) is 0. The van der Waals surface area contributed by atoms with Crippen molar-refractivity contribution in [2.75, 3.05) is 11.9 Å². The number of hydrogen-bond donors (Lipinski definition) is 1. The van der Waals surface area contributed by atoms with E-state index in [4.69, 9.17) is 0 Å². The van der Waals surface area contributed by atoms with Gasteiger partial charge in [-0.2, -0.15) is 0 Å². The van der Waals surface area contributed by atoms with E-state index < -0.39 is 0 Å². The van der Waals surface area contributed by atoms with Crippen molar-refractivity contribution in [1.29, 1.82) is 0 Å². The van der Waals surface area contributed by atoms with Crippen molar-refractivity contribution in [3.8, 4) is 0 Å². The first kappa shape index (κ1) is 11.6. The lowest BCUT2D eigenvalue weighted by atomic mass is 10.1. The third-order valence-electron chi connectivity index (χ3n) is 2.85. The first-order chi connectivity index (χ1) is 8.25. The van der Waals surface area contributed by atoms with Gasteiger partial charge in [-0.3, -0.25) is 0 Å². The molecule has 2 heteroatoms. The molecule has 0 atom stereocenters. The Morgan fingerprint density at radius 2 is 1.82 bits per heavy atom. The summed E-state index contributed by atoms with van der Waals surface area (Å²) in [6.07, 6.45) is 1.03. The lowest BCUT2D eigenvalue weighted by Crippen LogP contribution is -2.07. The molecule has 1 N–H and O–H groups in total. The van der Waals surface area contributed by atoms with Gasteiger partial charge in [-0.25, -0.2) is 4.98 Å². The highest BCUT2D eigenvalue weighted by molar-refractivity contribution is 5.35. The molecule has 0 bridgehead atoms.